The van der Waals surface area contributed by atoms with E-state index in [2.05, 4.69) is 5.32 Å². The number of amides is 1. The topological polar surface area (TPSA) is 107 Å². The molecule has 1 atom stereocenters. The summed E-state index contributed by atoms with van der Waals surface area (Å²) in [5.41, 5.74) is 1.94. The number of aryl methyl sites for hydroxylation is 1. The molecule has 2 aromatic rings. The van der Waals surface area contributed by atoms with Gasteiger partial charge in [-0.2, -0.15) is 4.31 Å². The largest absolute Gasteiger partial charge is 0.475 e. The molecule has 0 fully saturated rings. The Labute approximate surface area is 178 Å². The molecule has 0 aromatic heterocycles. The molecule has 2 rings (SSSR count). The van der Waals surface area contributed by atoms with Crippen LogP contribution in [0.15, 0.2) is 59.5 Å². The van der Waals surface area contributed by atoms with E-state index in [0.717, 1.165) is 11.1 Å². The van der Waals surface area contributed by atoms with Crippen molar-refractivity contribution in [2.75, 3.05) is 6.54 Å². The highest BCUT2D eigenvalue weighted by molar-refractivity contribution is 7.89. The predicted molar refractivity (Wildman–Crippen MR) is 117 cm³/mol. The van der Waals surface area contributed by atoms with Gasteiger partial charge in [-0.05, 0) is 44.9 Å². The van der Waals surface area contributed by atoms with E-state index in [1.54, 1.807) is 32.0 Å². The van der Waals surface area contributed by atoms with E-state index in [-0.39, 0.29) is 30.3 Å². The summed E-state index contributed by atoms with van der Waals surface area (Å²) in [4.78, 5) is 12.6. The number of hydrogen-bond donors (Lipinski definition) is 3. The fourth-order valence-corrected chi connectivity index (χ4v) is 4.74. The standard InChI is InChI=1S/C21H29BN2O5S/c1-16(2)24(30(28,29)19-7-5-4-6-8-19)14-13-21(25)23-20(22(26)27)15-18-11-9-17(3)10-12-18/h4-12,16,20,26-27H,13-15H2,1-3H3,(H,23,25)/t20-/m0/s1. The van der Waals surface area contributed by atoms with Crippen LogP contribution < -0.4 is 5.32 Å². The summed E-state index contributed by atoms with van der Waals surface area (Å²) >= 11 is 0. The molecule has 0 saturated carbocycles. The Kier molecular flexibility index (Phi) is 8.60. The highest BCUT2D eigenvalue weighted by atomic mass is 32.2. The average molecular weight is 432 g/mol. The Morgan fingerprint density at radius 1 is 1.07 bits per heavy atom. The molecule has 7 nitrogen and oxygen atoms in total. The second-order valence-corrected chi connectivity index (χ2v) is 9.44. The van der Waals surface area contributed by atoms with E-state index in [4.69, 9.17) is 0 Å². The summed E-state index contributed by atoms with van der Waals surface area (Å²) in [5.74, 6) is -1.34. The molecule has 1 amide bonds. The minimum Gasteiger partial charge on any atom is -0.426 e. The lowest BCUT2D eigenvalue weighted by molar-refractivity contribution is -0.121. The number of carbonyl (C=O) groups is 1. The van der Waals surface area contributed by atoms with Crippen molar-refractivity contribution in [2.24, 2.45) is 0 Å². The minimum atomic E-state index is -3.74. The normalized spacial score (nSPS) is 12.8. The van der Waals surface area contributed by atoms with Crippen molar-refractivity contribution in [2.45, 2.75) is 50.5 Å². The number of hydrogen-bond acceptors (Lipinski definition) is 5. The molecule has 0 aliphatic carbocycles. The first kappa shape index (κ1) is 24.1. The Morgan fingerprint density at radius 3 is 2.20 bits per heavy atom. The van der Waals surface area contributed by atoms with Gasteiger partial charge in [0.15, 0.2) is 0 Å². The first-order valence-electron chi connectivity index (χ1n) is 9.89. The Hall–Kier alpha value is -2.20. The van der Waals surface area contributed by atoms with Gasteiger partial charge < -0.3 is 15.4 Å². The lowest BCUT2D eigenvalue weighted by Crippen LogP contribution is -2.49. The van der Waals surface area contributed by atoms with E-state index < -0.39 is 29.0 Å². The van der Waals surface area contributed by atoms with Crippen LogP contribution in [0.2, 0.25) is 0 Å². The van der Waals surface area contributed by atoms with Crippen LogP contribution in [0, 0.1) is 6.92 Å². The van der Waals surface area contributed by atoms with Crippen molar-refractivity contribution >= 4 is 23.0 Å². The molecule has 0 aliphatic heterocycles. The average Bonchev–Trinajstić information content (AvgIpc) is 2.69. The smallest absolute Gasteiger partial charge is 0.426 e. The Morgan fingerprint density at radius 2 is 1.67 bits per heavy atom. The van der Waals surface area contributed by atoms with Crippen LogP contribution in [0.4, 0.5) is 0 Å². The van der Waals surface area contributed by atoms with Crippen LogP contribution in [-0.4, -0.2) is 54.3 Å². The molecule has 0 heterocycles. The van der Waals surface area contributed by atoms with Gasteiger partial charge >= 0.3 is 7.12 Å². The first-order valence-corrected chi connectivity index (χ1v) is 11.3. The van der Waals surface area contributed by atoms with Crippen LogP contribution in [0.5, 0.6) is 0 Å². The third-order valence-corrected chi connectivity index (χ3v) is 6.86. The lowest BCUT2D eigenvalue weighted by Gasteiger charge is -2.26. The van der Waals surface area contributed by atoms with Crippen LogP contribution in [0.25, 0.3) is 0 Å². The summed E-state index contributed by atoms with van der Waals surface area (Å²) in [7, 11) is -5.47. The second-order valence-electron chi connectivity index (χ2n) is 7.55. The van der Waals surface area contributed by atoms with Gasteiger partial charge in [-0.25, -0.2) is 8.42 Å². The van der Waals surface area contributed by atoms with Crippen molar-refractivity contribution in [3.63, 3.8) is 0 Å². The number of nitrogens with one attached hydrogen (secondary N) is 1. The van der Waals surface area contributed by atoms with Gasteiger partial charge in [0, 0.05) is 19.0 Å². The molecular formula is C21H29BN2O5S. The van der Waals surface area contributed by atoms with Crippen molar-refractivity contribution in [3.05, 3.63) is 65.7 Å². The van der Waals surface area contributed by atoms with E-state index in [0.29, 0.717) is 0 Å². The highest BCUT2D eigenvalue weighted by Gasteiger charge is 2.29. The lowest BCUT2D eigenvalue weighted by atomic mass is 9.76. The zero-order valence-electron chi connectivity index (χ0n) is 17.5. The number of nitrogens with zero attached hydrogens (tertiary/aromatic N) is 1. The summed E-state index contributed by atoms with van der Waals surface area (Å²) in [6, 6.07) is 15.3. The maximum atomic E-state index is 12.9. The summed E-state index contributed by atoms with van der Waals surface area (Å²) in [5, 5.41) is 21.9. The van der Waals surface area contributed by atoms with Crippen LogP contribution in [0.1, 0.15) is 31.4 Å². The molecule has 0 saturated heterocycles. The van der Waals surface area contributed by atoms with Gasteiger partial charge in [-0.3, -0.25) is 4.79 Å². The summed E-state index contributed by atoms with van der Waals surface area (Å²) in [6.07, 6.45) is 0.154. The summed E-state index contributed by atoms with van der Waals surface area (Å²) < 4.78 is 27.1. The molecule has 162 valence electrons. The van der Waals surface area contributed by atoms with E-state index in [9.17, 15) is 23.3 Å². The maximum Gasteiger partial charge on any atom is 0.475 e. The van der Waals surface area contributed by atoms with Gasteiger partial charge in [-0.15, -0.1) is 0 Å². The first-order chi connectivity index (χ1) is 14.1. The number of sulfonamides is 1. The highest BCUT2D eigenvalue weighted by Crippen LogP contribution is 2.18. The molecular weight excluding hydrogens is 403 g/mol. The number of carbonyl (C=O) groups excluding carboxylic acids is 1. The fourth-order valence-electron chi connectivity index (χ4n) is 3.08. The molecule has 0 spiro atoms. The van der Waals surface area contributed by atoms with Crippen LogP contribution >= 0.6 is 0 Å². The van der Waals surface area contributed by atoms with E-state index in [1.165, 1.54) is 16.4 Å². The zero-order chi connectivity index (χ0) is 22.3. The van der Waals surface area contributed by atoms with Crippen LogP contribution in [0.3, 0.4) is 0 Å². The quantitative estimate of drug-likeness (QED) is 0.494. The molecule has 0 radical (unpaired) electrons. The Bertz CT molecular complexity index is 918. The Balaban J connectivity index is 2.03. The maximum absolute atomic E-state index is 12.9. The van der Waals surface area contributed by atoms with Gasteiger partial charge in [0.2, 0.25) is 15.9 Å². The molecule has 2 aromatic carbocycles. The number of rotatable bonds is 10. The van der Waals surface area contributed by atoms with Crippen molar-refractivity contribution in [1.82, 2.24) is 9.62 Å². The van der Waals surface area contributed by atoms with Gasteiger partial charge in [0.1, 0.15) is 0 Å². The zero-order valence-corrected chi connectivity index (χ0v) is 18.3. The fraction of sp³-hybridized carbons (Fsp3) is 0.381. The minimum absolute atomic E-state index is 0.0144. The SMILES string of the molecule is Cc1ccc(C[C@H](NC(=O)CCN(C(C)C)S(=O)(=O)c2ccccc2)B(O)O)cc1. The predicted octanol–water partition coefficient (Wildman–Crippen LogP) is 1.52. The van der Waals surface area contributed by atoms with Crippen molar-refractivity contribution < 1.29 is 23.3 Å². The van der Waals surface area contributed by atoms with Crippen molar-refractivity contribution in [3.8, 4) is 0 Å². The van der Waals surface area contributed by atoms with Crippen LogP contribution in [-0.2, 0) is 21.2 Å². The molecule has 0 aliphatic rings. The second kappa shape index (κ2) is 10.7. The third-order valence-electron chi connectivity index (χ3n) is 4.77. The summed E-state index contributed by atoms with van der Waals surface area (Å²) in [6.45, 7) is 5.43. The van der Waals surface area contributed by atoms with Gasteiger partial charge in [0.05, 0.1) is 10.8 Å². The molecule has 0 unspecified atom stereocenters. The third kappa shape index (κ3) is 6.67. The monoisotopic (exact) mass is 432 g/mol. The number of benzene rings is 2. The molecule has 0 bridgehead atoms. The van der Waals surface area contributed by atoms with Gasteiger partial charge in [0.25, 0.3) is 0 Å². The van der Waals surface area contributed by atoms with Crippen molar-refractivity contribution in [1.29, 1.82) is 0 Å². The van der Waals surface area contributed by atoms with Gasteiger partial charge in [-0.1, -0.05) is 48.0 Å². The van der Waals surface area contributed by atoms with E-state index >= 15 is 0 Å². The van der Waals surface area contributed by atoms with E-state index in [1.807, 2.05) is 31.2 Å². The molecule has 30 heavy (non-hydrogen) atoms. The molecule has 3 N–H and O–H groups in total. The molecule has 9 heteroatoms.